The maximum absolute atomic E-state index is 12.2. The third-order valence-electron chi connectivity index (χ3n) is 3.24. The topological polar surface area (TPSA) is 84.3 Å². The van der Waals surface area contributed by atoms with Crippen LogP contribution in [0.1, 0.15) is 5.56 Å². The van der Waals surface area contributed by atoms with Crippen molar-refractivity contribution in [3.63, 3.8) is 0 Å². The normalized spacial score (nSPS) is 11.7. The zero-order valence-electron chi connectivity index (χ0n) is 12.3. The van der Waals surface area contributed by atoms with E-state index in [9.17, 15) is 14.9 Å². The number of nitro benzene ring substituents is 1. The Morgan fingerprint density at radius 2 is 1.78 bits per heavy atom. The summed E-state index contributed by atoms with van der Waals surface area (Å²) < 4.78 is 0. The molecule has 7 heteroatoms. The summed E-state index contributed by atoms with van der Waals surface area (Å²) in [5, 5.41) is 16.5. The predicted molar refractivity (Wildman–Crippen MR) is 92.6 cm³/mol. The van der Waals surface area contributed by atoms with Gasteiger partial charge in [-0.15, -0.1) is 0 Å². The molecular formula is C16H17N3O3S. The second kappa shape index (κ2) is 8.30. The van der Waals surface area contributed by atoms with Crippen LogP contribution in [-0.2, 0) is 11.3 Å². The standard InChI is InChI=1S/C16H17N3O3S/c20-16(18-13-6-8-14(9-7-13)19(21)22)15(11-23)17-10-12-4-2-1-3-5-12/h1-9,15,17,23H,10-11H2,(H,18,20)/t15-/m0/s1. The number of nitro groups is 1. The SMILES string of the molecule is O=C(Nc1ccc([N+](=O)[O-])cc1)[C@H](CS)NCc1ccccc1. The quantitative estimate of drug-likeness (QED) is 0.414. The molecule has 6 nitrogen and oxygen atoms in total. The third-order valence-corrected chi connectivity index (χ3v) is 3.61. The van der Waals surface area contributed by atoms with Crippen LogP contribution in [0, 0.1) is 10.1 Å². The van der Waals surface area contributed by atoms with Crippen LogP contribution >= 0.6 is 12.6 Å². The van der Waals surface area contributed by atoms with Gasteiger partial charge in [0, 0.05) is 30.1 Å². The zero-order valence-corrected chi connectivity index (χ0v) is 13.2. The van der Waals surface area contributed by atoms with Gasteiger partial charge in [-0.25, -0.2) is 0 Å². The third kappa shape index (κ3) is 5.08. The Morgan fingerprint density at radius 3 is 2.35 bits per heavy atom. The van der Waals surface area contributed by atoms with Gasteiger partial charge in [-0.3, -0.25) is 14.9 Å². The molecule has 0 aromatic heterocycles. The molecule has 0 saturated heterocycles. The van der Waals surface area contributed by atoms with Gasteiger partial charge in [0.05, 0.1) is 11.0 Å². The second-order valence-electron chi connectivity index (χ2n) is 4.89. The number of benzene rings is 2. The maximum Gasteiger partial charge on any atom is 0.269 e. The second-order valence-corrected chi connectivity index (χ2v) is 5.26. The van der Waals surface area contributed by atoms with E-state index in [1.165, 1.54) is 24.3 Å². The molecule has 0 aliphatic carbocycles. The van der Waals surface area contributed by atoms with E-state index in [-0.39, 0.29) is 11.6 Å². The summed E-state index contributed by atoms with van der Waals surface area (Å²) in [7, 11) is 0. The van der Waals surface area contributed by atoms with Gasteiger partial charge in [-0.1, -0.05) is 30.3 Å². The molecule has 1 amide bonds. The summed E-state index contributed by atoms with van der Waals surface area (Å²) in [6.45, 7) is 0.555. The molecule has 0 unspecified atom stereocenters. The van der Waals surface area contributed by atoms with Crippen LogP contribution in [0.2, 0.25) is 0 Å². The lowest BCUT2D eigenvalue weighted by molar-refractivity contribution is -0.384. The number of non-ortho nitro benzene ring substituents is 1. The van der Waals surface area contributed by atoms with Crippen molar-refractivity contribution in [2.45, 2.75) is 12.6 Å². The lowest BCUT2D eigenvalue weighted by Gasteiger charge is -2.16. The Bertz CT molecular complexity index is 662. The Labute approximate surface area is 139 Å². The lowest BCUT2D eigenvalue weighted by atomic mass is 10.2. The number of nitrogens with one attached hydrogen (secondary N) is 2. The number of nitrogens with zero attached hydrogens (tertiary/aromatic N) is 1. The molecule has 2 N–H and O–H groups in total. The number of hydrogen-bond acceptors (Lipinski definition) is 5. The Hall–Kier alpha value is -2.38. The first-order valence-corrected chi connectivity index (χ1v) is 7.67. The van der Waals surface area contributed by atoms with Crippen molar-refractivity contribution in [3.8, 4) is 0 Å². The van der Waals surface area contributed by atoms with E-state index in [2.05, 4.69) is 23.3 Å². The molecule has 2 aromatic rings. The lowest BCUT2D eigenvalue weighted by Crippen LogP contribution is -2.41. The number of hydrogen-bond donors (Lipinski definition) is 3. The monoisotopic (exact) mass is 331 g/mol. The summed E-state index contributed by atoms with van der Waals surface area (Å²) in [6.07, 6.45) is 0. The predicted octanol–water partition coefficient (Wildman–Crippen LogP) is 2.62. The van der Waals surface area contributed by atoms with E-state index in [1.54, 1.807) is 0 Å². The van der Waals surface area contributed by atoms with Crippen LogP contribution < -0.4 is 10.6 Å². The zero-order chi connectivity index (χ0) is 16.7. The largest absolute Gasteiger partial charge is 0.325 e. The Kier molecular flexibility index (Phi) is 6.13. The minimum absolute atomic E-state index is 0.0176. The fourth-order valence-electron chi connectivity index (χ4n) is 1.97. The van der Waals surface area contributed by atoms with Gasteiger partial charge < -0.3 is 10.6 Å². The highest BCUT2D eigenvalue weighted by atomic mass is 32.1. The van der Waals surface area contributed by atoms with Crippen molar-refractivity contribution in [3.05, 3.63) is 70.3 Å². The molecule has 23 heavy (non-hydrogen) atoms. The van der Waals surface area contributed by atoms with Crippen LogP contribution in [0.4, 0.5) is 11.4 Å². The minimum Gasteiger partial charge on any atom is -0.325 e. The molecule has 0 fully saturated rings. The first kappa shape index (κ1) is 17.0. The fraction of sp³-hybridized carbons (Fsp3) is 0.188. The Balaban J connectivity index is 1.92. The van der Waals surface area contributed by atoms with Crippen molar-refractivity contribution >= 4 is 29.9 Å². The average Bonchev–Trinajstić information content (AvgIpc) is 2.57. The van der Waals surface area contributed by atoms with Crippen molar-refractivity contribution in [2.24, 2.45) is 0 Å². The van der Waals surface area contributed by atoms with Gasteiger partial charge in [-0.05, 0) is 17.7 Å². The summed E-state index contributed by atoms with van der Waals surface area (Å²) >= 11 is 4.20. The van der Waals surface area contributed by atoms with Crippen LogP contribution in [0.3, 0.4) is 0 Å². The maximum atomic E-state index is 12.2. The molecule has 0 spiro atoms. The first-order valence-electron chi connectivity index (χ1n) is 7.03. The van der Waals surface area contributed by atoms with Crippen molar-refractivity contribution in [1.82, 2.24) is 5.32 Å². The van der Waals surface area contributed by atoms with Gasteiger partial charge in [0.25, 0.3) is 5.69 Å². The smallest absolute Gasteiger partial charge is 0.269 e. The number of carbonyl (C=O) groups excluding carboxylic acids is 1. The van der Waals surface area contributed by atoms with E-state index in [0.717, 1.165) is 5.56 Å². The van der Waals surface area contributed by atoms with Crippen LogP contribution in [-0.4, -0.2) is 22.6 Å². The van der Waals surface area contributed by atoms with Crippen molar-refractivity contribution in [2.75, 3.05) is 11.1 Å². The summed E-state index contributed by atoms with van der Waals surface area (Å²) in [6, 6.07) is 15.0. The molecule has 0 heterocycles. The highest BCUT2D eigenvalue weighted by molar-refractivity contribution is 7.80. The number of carbonyl (C=O) groups is 1. The van der Waals surface area contributed by atoms with Crippen LogP contribution in [0.15, 0.2) is 54.6 Å². The Morgan fingerprint density at radius 1 is 1.13 bits per heavy atom. The van der Waals surface area contributed by atoms with Gasteiger partial charge in [-0.2, -0.15) is 12.6 Å². The molecule has 2 aromatic carbocycles. The van der Waals surface area contributed by atoms with E-state index in [0.29, 0.717) is 18.0 Å². The van der Waals surface area contributed by atoms with E-state index < -0.39 is 11.0 Å². The van der Waals surface area contributed by atoms with Crippen molar-refractivity contribution < 1.29 is 9.72 Å². The summed E-state index contributed by atoms with van der Waals surface area (Å²) in [4.78, 5) is 22.4. The summed E-state index contributed by atoms with van der Waals surface area (Å²) in [5.41, 5.74) is 1.56. The molecule has 0 saturated carbocycles. The van der Waals surface area contributed by atoms with Gasteiger partial charge in [0.1, 0.15) is 0 Å². The fourth-order valence-corrected chi connectivity index (χ4v) is 2.27. The van der Waals surface area contributed by atoms with E-state index >= 15 is 0 Å². The minimum atomic E-state index is -0.483. The molecular weight excluding hydrogens is 314 g/mol. The molecule has 0 aliphatic rings. The highest BCUT2D eigenvalue weighted by Crippen LogP contribution is 2.15. The molecule has 0 radical (unpaired) electrons. The van der Waals surface area contributed by atoms with Crippen molar-refractivity contribution in [1.29, 1.82) is 0 Å². The molecule has 2 rings (SSSR count). The van der Waals surface area contributed by atoms with Gasteiger partial charge in [0.15, 0.2) is 0 Å². The first-order chi connectivity index (χ1) is 11.1. The number of anilines is 1. The van der Waals surface area contributed by atoms with Gasteiger partial charge >= 0.3 is 0 Å². The highest BCUT2D eigenvalue weighted by Gasteiger charge is 2.16. The van der Waals surface area contributed by atoms with Crippen LogP contribution in [0.25, 0.3) is 0 Å². The molecule has 120 valence electrons. The molecule has 0 aliphatic heterocycles. The average molecular weight is 331 g/mol. The molecule has 1 atom stereocenters. The van der Waals surface area contributed by atoms with E-state index in [4.69, 9.17) is 0 Å². The van der Waals surface area contributed by atoms with Crippen LogP contribution in [0.5, 0.6) is 0 Å². The molecule has 0 bridgehead atoms. The van der Waals surface area contributed by atoms with E-state index in [1.807, 2.05) is 30.3 Å². The number of thiol groups is 1. The number of amides is 1. The summed E-state index contributed by atoms with van der Waals surface area (Å²) in [5.74, 6) is 0.107. The van der Waals surface area contributed by atoms with Gasteiger partial charge in [0.2, 0.25) is 5.91 Å². The number of rotatable bonds is 7.